The van der Waals surface area contributed by atoms with Crippen molar-refractivity contribution in [2.75, 3.05) is 20.8 Å². The normalized spacial score (nSPS) is 15.5. The number of ether oxygens (including phenoxy) is 2. The number of para-hydroxylation sites is 2. The van der Waals surface area contributed by atoms with Crippen LogP contribution in [0.5, 0.6) is 11.5 Å². The van der Waals surface area contributed by atoms with Crippen LogP contribution in [0.1, 0.15) is 38.8 Å². The predicted octanol–water partition coefficient (Wildman–Crippen LogP) is 5.28. The van der Waals surface area contributed by atoms with E-state index in [9.17, 15) is 4.79 Å². The van der Waals surface area contributed by atoms with E-state index in [4.69, 9.17) is 9.47 Å². The van der Waals surface area contributed by atoms with Gasteiger partial charge in [-0.1, -0.05) is 48.0 Å². The number of aryl methyl sites for hydroxylation is 1. The molecule has 0 saturated heterocycles. The molecule has 1 aliphatic rings. The quantitative estimate of drug-likeness (QED) is 0.483. The average Bonchev–Trinajstić information content (AvgIpc) is 3.21. The Bertz CT molecular complexity index is 1290. The number of aromatic nitrogens is 1. The molecule has 5 rings (SSSR count). The van der Waals surface area contributed by atoms with Gasteiger partial charge in [-0.25, -0.2) is 0 Å². The summed E-state index contributed by atoms with van der Waals surface area (Å²) in [5, 5.41) is 1.21. The second kappa shape index (κ2) is 8.08. The van der Waals surface area contributed by atoms with Gasteiger partial charge in [0.25, 0.3) is 5.91 Å². The first-order valence-corrected chi connectivity index (χ1v) is 10.8. The Labute approximate surface area is 187 Å². The minimum atomic E-state index is -0.315. The zero-order valence-electron chi connectivity index (χ0n) is 18.5. The van der Waals surface area contributed by atoms with E-state index >= 15 is 0 Å². The average molecular weight is 427 g/mol. The van der Waals surface area contributed by atoms with Gasteiger partial charge in [-0.2, -0.15) is 0 Å². The Kier molecular flexibility index (Phi) is 5.10. The van der Waals surface area contributed by atoms with Gasteiger partial charge in [-0.3, -0.25) is 4.79 Å². The molecule has 2 heterocycles. The monoisotopic (exact) mass is 426 g/mol. The number of hydrogen-bond acceptors (Lipinski definition) is 3. The van der Waals surface area contributed by atoms with Crippen LogP contribution < -0.4 is 9.47 Å². The van der Waals surface area contributed by atoms with Gasteiger partial charge in [-0.05, 0) is 43.2 Å². The first kappa shape index (κ1) is 20.2. The fourth-order valence-corrected chi connectivity index (χ4v) is 4.77. The van der Waals surface area contributed by atoms with Crippen molar-refractivity contribution >= 4 is 16.8 Å². The molecule has 0 aliphatic carbocycles. The van der Waals surface area contributed by atoms with Crippen molar-refractivity contribution in [3.8, 4) is 11.5 Å². The Hall–Kier alpha value is -3.73. The third-order valence-electron chi connectivity index (χ3n) is 6.32. The highest BCUT2D eigenvalue weighted by Crippen LogP contribution is 2.44. The maximum atomic E-state index is 13.7. The molecule has 5 heteroatoms. The number of hydrogen-bond donors (Lipinski definition) is 1. The standard InChI is InChI=1S/C27H26N2O3/c1-17-11-13-18(14-12-17)27(30)29-16-15-20-19-7-4-5-9-22(19)28-24(20)25(29)21-8-6-10-23(31-2)26(21)32-3/h4-14,25,28H,15-16H2,1-3H3/t25-/m0/s1. The molecule has 5 nitrogen and oxygen atoms in total. The lowest BCUT2D eigenvalue weighted by Crippen LogP contribution is -2.40. The van der Waals surface area contributed by atoms with Crippen LogP contribution in [0.4, 0.5) is 0 Å². The number of carbonyl (C=O) groups is 1. The smallest absolute Gasteiger partial charge is 0.254 e. The fourth-order valence-electron chi connectivity index (χ4n) is 4.77. The first-order chi connectivity index (χ1) is 15.6. The molecule has 0 spiro atoms. The second-order valence-electron chi connectivity index (χ2n) is 8.16. The molecule has 1 aliphatic heterocycles. The lowest BCUT2D eigenvalue weighted by Gasteiger charge is -2.37. The summed E-state index contributed by atoms with van der Waals surface area (Å²) in [6, 6.07) is 21.6. The lowest BCUT2D eigenvalue weighted by atomic mass is 9.91. The third kappa shape index (κ3) is 3.21. The molecular weight excluding hydrogens is 400 g/mol. The summed E-state index contributed by atoms with van der Waals surface area (Å²) >= 11 is 0. The Balaban J connectivity index is 1.71. The van der Waals surface area contributed by atoms with E-state index in [0.29, 0.717) is 23.6 Å². The van der Waals surface area contributed by atoms with Crippen LogP contribution in [0.2, 0.25) is 0 Å². The molecule has 0 radical (unpaired) electrons. The number of benzene rings is 3. The van der Waals surface area contributed by atoms with E-state index in [1.807, 2.05) is 60.4 Å². The van der Waals surface area contributed by atoms with Gasteiger partial charge in [0.2, 0.25) is 0 Å². The number of amides is 1. The van der Waals surface area contributed by atoms with Crippen molar-refractivity contribution in [2.24, 2.45) is 0 Å². The number of nitrogens with one attached hydrogen (secondary N) is 1. The molecule has 4 aromatic rings. The maximum Gasteiger partial charge on any atom is 0.254 e. The Morgan fingerprint density at radius 2 is 1.75 bits per heavy atom. The molecule has 32 heavy (non-hydrogen) atoms. The van der Waals surface area contributed by atoms with Crippen LogP contribution in [0.25, 0.3) is 10.9 Å². The highest BCUT2D eigenvalue weighted by atomic mass is 16.5. The minimum Gasteiger partial charge on any atom is -0.493 e. The number of fused-ring (bicyclic) bond motifs is 3. The number of rotatable bonds is 4. The summed E-state index contributed by atoms with van der Waals surface area (Å²) < 4.78 is 11.4. The summed E-state index contributed by atoms with van der Waals surface area (Å²) in [6.07, 6.45) is 0.791. The van der Waals surface area contributed by atoms with Crippen molar-refractivity contribution in [3.05, 3.63) is 94.7 Å². The van der Waals surface area contributed by atoms with Crippen molar-refractivity contribution in [3.63, 3.8) is 0 Å². The van der Waals surface area contributed by atoms with E-state index < -0.39 is 0 Å². The molecule has 3 aromatic carbocycles. The van der Waals surface area contributed by atoms with Crippen LogP contribution in [-0.4, -0.2) is 36.6 Å². The van der Waals surface area contributed by atoms with Crippen molar-refractivity contribution in [1.82, 2.24) is 9.88 Å². The van der Waals surface area contributed by atoms with Crippen LogP contribution in [0.15, 0.2) is 66.7 Å². The summed E-state index contributed by atoms with van der Waals surface area (Å²) in [5.74, 6) is 1.30. The summed E-state index contributed by atoms with van der Waals surface area (Å²) in [5.41, 5.74) is 6.08. The highest BCUT2D eigenvalue weighted by Gasteiger charge is 2.37. The number of carbonyl (C=O) groups excluding carboxylic acids is 1. The number of H-pyrrole nitrogens is 1. The van der Waals surface area contributed by atoms with Crippen molar-refractivity contribution in [1.29, 1.82) is 0 Å². The van der Waals surface area contributed by atoms with Crippen LogP contribution in [-0.2, 0) is 6.42 Å². The van der Waals surface area contributed by atoms with Gasteiger partial charge in [0.1, 0.15) is 6.04 Å². The predicted molar refractivity (Wildman–Crippen MR) is 126 cm³/mol. The Morgan fingerprint density at radius 3 is 2.50 bits per heavy atom. The first-order valence-electron chi connectivity index (χ1n) is 10.8. The summed E-state index contributed by atoms with van der Waals surface area (Å²) in [6.45, 7) is 2.64. The fraction of sp³-hybridized carbons (Fsp3) is 0.222. The van der Waals surface area contributed by atoms with Crippen molar-refractivity contribution < 1.29 is 14.3 Å². The third-order valence-corrected chi connectivity index (χ3v) is 6.32. The summed E-state index contributed by atoms with van der Waals surface area (Å²) in [7, 11) is 3.27. The van der Waals surface area contributed by atoms with E-state index in [1.165, 1.54) is 10.9 Å². The van der Waals surface area contributed by atoms with Gasteiger partial charge in [0, 0.05) is 34.3 Å². The van der Waals surface area contributed by atoms with E-state index in [0.717, 1.165) is 28.8 Å². The maximum absolute atomic E-state index is 13.7. The van der Waals surface area contributed by atoms with E-state index in [1.54, 1.807) is 14.2 Å². The van der Waals surface area contributed by atoms with E-state index in [-0.39, 0.29) is 11.9 Å². The summed E-state index contributed by atoms with van der Waals surface area (Å²) in [4.78, 5) is 19.3. The van der Waals surface area contributed by atoms with Gasteiger partial charge < -0.3 is 19.4 Å². The van der Waals surface area contributed by atoms with Crippen LogP contribution >= 0.6 is 0 Å². The largest absolute Gasteiger partial charge is 0.493 e. The second-order valence-corrected chi connectivity index (χ2v) is 8.16. The highest BCUT2D eigenvalue weighted by molar-refractivity contribution is 5.95. The van der Waals surface area contributed by atoms with Gasteiger partial charge in [0.15, 0.2) is 11.5 Å². The zero-order valence-corrected chi connectivity index (χ0v) is 18.5. The molecule has 1 amide bonds. The van der Waals surface area contributed by atoms with E-state index in [2.05, 4.69) is 23.2 Å². The van der Waals surface area contributed by atoms with Gasteiger partial charge >= 0.3 is 0 Å². The molecule has 0 fully saturated rings. The zero-order chi connectivity index (χ0) is 22.2. The molecule has 0 bridgehead atoms. The topological polar surface area (TPSA) is 54.6 Å². The Morgan fingerprint density at radius 1 is 0.969 bits per heavy atom. The lowest BCUT2D eigenvalue weighted by molar-refractivity contribution is 0.0690. The minimum absolute atomic E-state index is 0.00387. The molecule has 0 unspecified atom stereocenters. The molecule has 1 N–H and O–H groups in total. The molecule has 0 saturated carbocycles. The number of nitrogens with zero attached hydrogens (tertiary/aromatic N) is 1. The molecular formula is C27H26N2O3. The molecule has 1 aromatic heterocycles. The number of methoxy groups -OCH3 is 2. The van der Waals surface area contributed by atoms with Gasteiger partial charge in [0.05, 0.1) is 14.2 Å². The van der Waals surface area contributed by atoms with Gasteiger partial charge in [-0.15, -0.1) is 0 Å². The van der Waals surface area contributed by atoms with Crippen molar-refractivity contribution in [2.45, 2.75) is 19.4 Å². The molecule has 162 valence electrons. The molecule has 1 atom stereocenters. The number of aromatic amines is 1. The SMILES string of the molecule is COc1cccc([C@H]2c3[nH]c4ccccc4c3CCN2C(=O)c2ccc(C)cc2)c1OC. The van der Waals surface area contributed by atoms with Crippen LogP contribution in [0.3, 0.4) is 0 Å². The van der Waals surface area contributed by atoms with Crippen LogP contribution in [0, 0.1) is 6.92 Å².